The van der Waals surface area contributed by atoms with Crippen LogP contribution in [0.1, 0.15) is 20.3 Å². The first-order valence-electron chi connectivity index (χ1n) is 3.37. The van der Waals surface area contributed by atoms with Crippen molar-refractivity contribution in [2.75, 3.05) is 6.54 Å². The molecule has 0 rings (SSSR count). The van der Waals surface area contributed by atoms with E-state index in [4.69, 9.17) is 6.42 Å². The third-order valence-corrected chi connectivity index (χ3v) is 0.981. The summed E-state index contributed by atoms with van der Waals surface area (Å²) in [6.45, 7) is 4.33. The Labute approximate surface area is 62.0 Å². The zero-order valence-corrected chi connectivity index (χ0v) is 6.48. The lowest BCUT2D eigenvalue weighted by Gasteiger charge is -2.02. The zero-order valence-electron chi connectivity index (χ0n) is 6.48. The minimum Gasteiger partial charge on any atom is -0.345 e. The van der Waals surface area contributed by atoms with E-state index in [1.54, 1.807) is 0 Å². The molecule has 0 unspecified atom stereocenters. The molecule has 0 fully saturated rings. The molecular formula is C8H13NO. The van der Waals surface area contributed by atoms with E-state index in [0.29, 0.717) is 18.9 Å². The van der Waals surface area contributed by atoms with Crippen LogP contribution in [0, 0.1) is 18.3 Å². The molecule has 56 valence electrons. The molecule has 0 atom stereocenters. The summed E-state index contributed by atoms with van der Waals surface area (Å²) in [6.07, 6.45) is 5.50. The van der Waals surface area contributed by atoms with Gasteiger partial charge in [-0.15, -0.1) is 6.42 Å². The van der Waals surface area contributed by atoms with Gasteiger partial charge in [-0.1, -0.05) is 19.8 Å². The number of terminal acetylenes is 1. The molecule has 0 aromatic rings. The lowest BCUT2D eigenvalue weighted by atomic mass is 10.1. The van der Waals surface area contributed by atoms with Gasteiger partial charge in [-0.25, -0.2) is 0 Å². The highest BCUT2D eigenvalue weighted by molar-refractivity contribution is 5.76. The van der Waals surface area contributed by atoms with Gasteiger partial charge in [0.25, 0.3) is 0 Å². The smallest absolute Gasteiger partial charge is 0.221 e. The van der Waals surface area contributed by atoms with Gasteiger partial charge in [-0.2, -0.15) is 0 Å². The zero-order chi connectivity index (χ0) is 7.98. The molecule has 0 radical (unpaired) electrons. The van der Waals surface area contributed by atoms with Crippen LogP contribution in [0.5, 0.6) is 0 Å². The van der Waals surface area contributed by atoms with Crippen molar-refractivity contribution in [3.63, 3.8) is 0 Å². The predicted molar refractivity (Wildman–Crippen MR) is 41.3 cm³/mol. The Morgan fingerprint density at radius 1 is 1.70 bits per heavy atom. The highest BCUT2D eigenvalue weighted by atomic mass is 16.1. The van der Waals surface area contributed by atoms with E-state index < -0.39 is 0 Å². The highest BCUT2D eigenvalue weighted by Gasteiger charge is 2.01. The molecule has 0 spiro atoms. The van der Waals surface area contributed by atoms with Gasteiger partial charge in [0, 0.05) is 6.42 Å². The Hall–Kier alpha value is -0.970. The van der Waals surface area contributed by atoms with Crippen molar-refractivity contribution in [3.05, 3.63) is 0 Å². The van der Waals surface area contributed by atoms with Gasteiger partial charge in [0.15, 0.2) is 0 Å². The van der Waals surface area contributed by atoms with E-state index in [1.165, 1.54) is 0 Å². The van der Waals surface area contributed by atoms with Gasteiger partial charge >= 0.3 is 0 Å². The normalized spacial score (nSPS) is 9.00. The average Bonchev–Trinajstić information content (AvgIpc) is 1.82. The predicted octanol–water partition coefficient (Wildman–Crippen LogP) is 0.782. The van der Waals surface area contributed by atoms with Gasteiger partial charge in [-0.05, 0) is 5.92 Å². The van der Waals surface area contributed by atoms with Gasteiger partial charge in [-0.3, -0.25) is 4.79 Å². The molecule has 0 bridgehead atoms. The molecule has 0 aliphatic heterocycles. The lowest BCUT2D eigenvalue weighted by Crippen LogP contribution is -2.24. The van der Waals surface area contributed by atoms with Crippen LogP contribution in [-0.2, 0) is 4.79 Å². The van der Waals surface area contributed by atoms with Gasteiger partial charge < -0.3 is 5.32 Å². The number of hydrogen-bond acceptors (Lipinski definition) is 1. The minimum atomic E-state index is 0.0351. The third kappa shape index (κ3) is 5.17. The first kappa shape index (κ1) is 9.03. The molecule has 2 nitrogen and oxygen atoms in total. The van der Waals surface area contributed by atoms with Gasteiger partial charge in [0.2, 0.25) is 5.91 Å². The number of amides is 1. The number of rotatable bonds is 3. The molecule has 0 heterocycles. The first-order chi connectivity index (χ1) is 4.66. The molecule has 1 N–H and O–H groups in total. The molecule has 1 amide bonds. The van der Waals surface area contributed by atoms with Crippen LogP contribution in [-0.4, -0.2) is 12.5 Å². The maximum atomic E-state index is 10.8. The monoisotopic (exact) mass is 139 g/mol. The Morgan fingerprint density at radius 3 is 2.70 bits per heavy atom. The lowest BCUT2D eigenvalue weighted by molar-refractivity contribution is -0.121. The Morgan fingerprint density at radius 2 is 2.30 bits per heavy atom. The van der Waals surface area contributed by atoms with Crippen molar-refractivity contribution < 1.29 is 4.79 Å². The molecule has 0 aliphatic carbocycles. The van der Waals surface area contributed by atoms with Crippen LogP contribution in [0.15, 0.2) is 0 Å². The summed E-state index contributed by atoms with van der Waals surface area (Å²) in [5.41, 5.74) is 0. The highest BCUT2D eigenvalue weighted by Crippen LogP contribution is 1.97. The molecular weight excluding hydrogens is 126 g/mol. The summed E-state index contributed by atoms with van der Waals surface area (Å²) in [7, 11) is 0. The molecule has 2 heteroatoms. The summed E-state index contributed by atoms with van der Waals surface area (Å²) < 4.78 is 0. The largest absolute Gasteiger partial charge is 0.345 e. The second kappa shape index (κ2) is 4.87. The average molecular weight is 139 g/mol. The van der Waals surface area contributed by atoms with E-state index in [9.17, 15) is 4.79 Å². The fraction of sp³-hybridized carbons (Fsp3) is 0.625. The van der Waals surface area contributed by atoms with E-state index in [2.05, 4.69) is 11.2 Å². The summed E-state index contributed by atoms with van der Waals surface area (Å²) in [6, 6.07) is 0. The number of hydrogen-bond donors (Lipinski definition) is 1. The second-order valence-corrected chi connectivity index (χ2v) is 2.58. The van der Waals surface area contributed by atoms with Crippen LogP contribution in [0.25, 0.3) is 0 Å². The summed E-state index contributed by atoms with van der Waals surface area (Å²) in [5, 5.41) is 2.59. The van der Waals surface area contributed by atoms with Crippen molar-refractivity contribution in [1.82, 2.24) is 5.32 Å². The molecule has 0 aromatic heterocycles. The molecule has 0 aromatic carbocycles. The standard InChI is InChI=1S/C8H13NO/c1-4-5-9-8(10)6-7(2)3/h1,7H,5-6H2,2-3H3,(H,9,10). The number of nitrogens with one attached hydrogen (secondary N) is 1. The summed E-state index contributed by atoms with van der Waals surface area (Å²) in [4.78, 5) is 10.8. The van der Waals surface area contributed by atoms with E-state index in [-0.39, 0.29) is 5.91 Å². The van der Waals surface area contributed by atoms with Crippen molar-refractivity contribution in [1.29, 1.82) is 0 Å². The molecule has 10 heavy (non-hydrogen) atoms. The van der Waals surface area contributed by atoms with Crippen LogP contribution in [0.4, 0.5) is 0 Å². The van der Waals surface area contributed by atoms with Crippen LogP contribution in [0.3, 0.4) is 0 Å². The maximum Gasteiger partial charge on any atom is 0.221 e. The minimum absolute atomic E-state index is 0.0351. The second-order valence-electron chi connectivity index (χ2n) is 2.58. The van der Waals surface area contributed by atoms with E-state index >= 15 is 0 Å². The first-order valence-corrected chi connectivity index (χ1v) is 3.37. The Kier molecular flexibility index (Phi) is 4.39. The maximum absolute atomic E-state index is 10.8. The Balaban J connectivity index is 3.37. The number of carbonyl (C=O) groups is 1. The molecule has 0 aliphatic rings. The van der Waals surface area contributed by atoms with E-state index in [1.807, 2.05) is 13.8 Å². The molecule has 0 saturated carbocycles. The van der Waals surface area contributed by atoms with Crippen LogP contribution < -0.4 is 5.32 Å². The van der Waals surface area contributed by atoms with Crippen molar-refractivity contribution >= 4 is 5.91 Å². The fourth-order valence-electron chi connectivity index (χ4n) is 0.593. The van der Waals surface area contributed by atoms with Crippen molar-refractivity contribution in [3.8, 4) is 12.3 Å². The fourth-order valence-corrected chi connectivity index (χ4v) is 0.593. The van der Waals surface area contributed by atoms with Gasteiger partial charge in [0.1, 0.15) is 0 Å². The van der Waals surface area contributed by atoms with E-state index in [0.717, 1.165) is 0 Å². The molecule has 0 saturated heterocycles. The Bertz CT molecular complexity index is 144. The summed E-state index contributed by atoms with van der Waals surface area (Å²) >= 11 is 0. The van der Waals surface area contributed by atoms with Crippen LogP contribution >= 0.6 is 0 Å². The quantitative estimate of drug-likeness (QED) is 0.575. The summed E-state index contributed by atoms with van der Waals surface area (Å²) in [5.74, 6) is 2.78. The topological polar surface area (TPSA) is 29.1 Å². The van der Waals surface area contributed by atoms with Crippen molar-refractivity contribution in [2.45, 2.75) is 20.3 Å². The third-order valence-electron chi connectivity index (χ3n) is 0.981. The van der Waals surface area contributed by atoms with Crippen molar-refractivity contribution in [2.24, 2.45) is 5.92 Å². The number of carbonyl (C=O) groups excluding carboxylic acids is 1. The SMILES string of the molecule is C#CCNC(=O)CC(C)C. The van der Waals surface area contributed by atoms with Crippen LogP contribution in [0.2, 0.25) is 0 Å². The van der Waals surface area contributed by atoms with Gasteiger partial charge in [0.05, 0.1) is 6.54 Å².